The van der Waals surface area contributed by atoms with Gasteiger partial charge in [-0.3, -0.25) is 4.79 Å². The van der Waals surface area contributed by atoms with Crippen LogP contribution in [0, 0.1) is 5.92 Å². The van der Waals surface area contributed by atoms with Crippen molar-refractivity contribution in [2.45, 2.75) is 32.4 Å². The number of hydrogen-bond donors (Lipinski definition) is 1. The van der Waals surface area contributed by atoms with Crippen molar-refractivity contribution in [3.05, 3.63) is 102 Å². The lowest BCUT2D eigenvalue weighted by atomic mass is 9.98. The fraction of sp³-hybridized carbons (Fsp3) is 0.207. The third-order valence-corrected chi connectivity index (χ3v) is 6.65. The molecule has 160 valence electrons. The van der Waals surface area contributed by atoms with Crippen molar-refractivity contribution < 1.29 is 9.90 Å². The van der Waals surface area contributed by atoms with Gasteiger partial charge in [0.05, 0.1) is 6.54 Å². The number of fused-ring (bicyclic) bond motifs is 1. The molecule has 0 aromatic heterocycles. The van der Waals surface area contributed by atoms with Crippen LogP contribution in [0.3, 0.4) is 0 Å². The number of phenols is 1. The average Bonchev–Trinajstić information content (AvgIpc) is 3.09. The molecular formula is C29H27NO2. The molecule has 1 fully saturated rings. The molecule has 2 atom stereocenters. The first kappa shape index (κ1) is 20.3. The largest absolute Gasteiger partial charge is 0.508 e. The maximum Gasteiger partial charge on any atom is 0.226 e. The quantitative estimate of drug-likeness (QED) is 0.417. The van der Waals surface area contributed by atoms with Crippen LogP contribution in [0.2, 0.25) is 0 Å². The molecule has 0 radical (unpaired) electrons. The van der Waals surface area contributed by atoms with Crippen molar-refractivity contribution in [1.82, 2.24) is 4.90 Å². The van der Waals surface area contributed by atoms with E-state index in [0.29, 0.717) is 6.54 Å². The minimum Gasteiger partial charge on any atom is -0.508 e. The second-order valence-corrected chi connectivity index (χ2v) is 8.81. The molecule has 3 nitrogen and oxygen atoms in total. The maximum atomic E-state index is 13.0. The van der Waals surface area contributed by atoms with Crippen LogP contribution in [0.4, 0.5) is 0 Å². The van der Waals surface area contributed by atoms with Gasteiger partial charge in [-0.2, -0.15) is 0 Å². The summed E-state index contributed by atoms with van der Waals surface area (Å²) in [6.07, 6.45) is 1.65. The van der Waals surface area contributed by atoms with Crippen LogP contribution in [-0.2, 0) is 17.8 Å². The van der Waals surface area contributed by atoms with Crippen LogP contribution in [-0.4, -0.2) is 22.0 Å². The Morgan fingerprint density at radius 2 is 1.53 bits per heavy atom. The number of carbonyl (C=O) groups is 1. The molecule has 4 aromatic carbocycles. The van der Waals surface area contributed by atoms with Crippen molar-refractivity contribution in [2.24, 2.45) is 5.92 Å². The highest BCUT2D eigenvalue weighted by Crippen LogP contribution is 2.34. The first-order chi connectivity index (χ1) is 15.6. The molecule has 1 saturated heterocycles. The van der Waals surface area contributed by atoms with Crippen LogP contribution in [0.15, 0.2) is 91.0 Å². The molecular weight excluding hydrogens is 394 g/mol. The molecule has 1 amide bonds. The molecule has 1 aliphatic rings. The lowest BCUT2D eigenvalue weighted by Gasteiger charge is -2.26. The number of nitrogens with zero attached hydrogens (tertiary/aromatic N) is 1. The van der Waals surface area contributed by atoms with Crippen molar-refractivity contribution in [3.63, 3.8) is 0 Å². The Balaban J connectivity index is 1.40. The number of phenolic OH excluding ortho intramolecular Hbond substituents is 1. The van der Waals surface area contributed by atoms with E-state index in [1.165, 1.54) is 16.7 Å². The highest BCUT2D eigenvalue weighted by Gasteiger charge is 2.37. The van der Waals surface area contributed by atoms with Gasteiger partial charge in [0.1, 0.15) is 5.75 Å². The van der Waals surface area contributed by atoms with E-state index in [1.54, 1.807) is 6.07 Å². The number of rotatable bonds is 5. The van der Waals surface area contributed by atoms with E-state index in [1.807, 2.05) is 48.2 Å². The summed E-state index contributed by atoms with van der Waals surface area (Å²) in [4.78, 5) is 15.0. The fourth-order valence-electron chi connectivity index (χ4n) is 4.90. The van der Waals surface area contributed by atoms with Gasteiger partial charge in [-0.15, -0.1) is 0 Å². The van der Waals surface area contributed by atoms with Gasteiger partial charge >= 0.3 is 0 Å². The second-order valence-electron chi connectivity index (χ2n) is 8.81. The minimum atomic E-state index is 0.000659. The summed E-state index contributed by atoms with van der Waals surface area (Å²) in [5.41, 5.74) is 4.46. The number of hydrogen-bond acceptors (Lipinski definition) is 2. The van der Waals surface area contributed by atoms with E-state index in [2.05, 4.69) is 48.5 Å². The van der Waals surface area contributed by atoms with Crippen LogP contribution in [0.25, 0.3) is 21.9 Å². The van der Waals surface area contributed by atoms with Gasteiger partial charge in [-0.05, 0) is 46.4 Å². The van der Waals surface area contributed by atoms with E-state index in [0.717, 1.165) is 29.2 Å². The smallest absolute Gasteiger partial charge is 0.226 e. The van der Waals surface area contributed by atoms with Gasteiger partial charge in [-0.25, -0.2) is 0 Å². The Hall–Kier alpha value is -3.59. The zero-order valence-corrected chi connectivity index (χ0v) is 18.2. The number of likely N-dealkylation sites (tertiary alicyclic amines) is 1. The lowest BCUT2D eigenvalue weighted by molar-refractivity contribution is -0.132. The molecule has 1 unspecified atom stereocenters. The number of amides is 1. The predicted molar refractivity (Wildman–Crippen MR) is 129 cm³/mol. The summed E-state index contributed by atoms with van der Waals surface area (Å²) in [5.74, 6) is 0.422. The zero-order valence-electron chi connectivity index (χ0n) is 18.2. The second kappa shape index (κ2) is 8.51. The lowest BCUT2D eigenvalue weighted by Crippen LogP contribution is -2.34. The number of carbonyl (C=O) groups excluding carboxylic acids is 1. The van der Waals surface area contributed by atoms with Crippen molar-refractivity contribution in [1.29, 1.82) is 0 Å². The van der Waals surface area contributed by atoms with Crippen LogP contribution in [0.5, 0.6) is 5.75 Å². The fourth-order valence-corrected chi connectivity index (χ4v) is 4.90. The van der Waals surface area contributed by atoms with Crippen molar-refractivity contribution >= 4 is 16.7 Å². The van der Waals surface area contributed by atoms with E-state index in [4.69, 9.17) is 0 Å². The van der Waals surface area contributed by atoms with Gasteiger partial charge in [-0.1, -0.05) is 91.9 Å². The summed E-state index contributed by atoms with van der Waals surface area (Å²) < 4.78 is 0. The normalized spacial score (nSPS) is 18.4. The SMILES string of the molecule is C[C@@H]1CC(Cc2ccc(-c3ccccc3)cc2)N(Cc2c(O)ccc3ccccc23)C1=O. The maximum absolute atomic E-state index is 13.0. The van der Waals surface area contributed by atoms with E-state index in [9.17, 15) is 9.90 Å². The number of aromatic hydroxyl groups is 1. The molecule has 4 aromatic rings. The van der Waals surface area contributed by atoms with Gasteiger partial charge < -0.3 is 10.0 Å². The Bertz CT molecular complexity index is 1250. The number of benzene rings is 4. The third-order valence-electron chi connectivity index (χ3n) is 6.65. The molecule has 5 rings (SSSR count). The molecule has 0 aliphatic carbocycles. The Kier molecular flexibility index (Phi) is 5.40. The summed E-state index contributed by atoms with van der Waals surface area (Å²) >= 11 is 0. The van der Waals surface area contributed by atoms with Crippen LogP contribution >= 0.6 is 0 Å². The van der Waals surface area contributed by atoms with Gasteiger partial charge in [0.15, 0.2) is 0 Å². The summed E-state index contributed by atoms with van der Waals surface area (Å²) in [5, 5.41) is 12.7. The van der Waals surface area contributed by atoms with Crippen LogP contribution < -0.4 is 0 Å². The molecule has 0 spiro atoms. The monoisotopic (exact) mass is 421 g/mol. The topological polar surface area (TPSA) is 40.5 Å². The van der Waals surface area contributed by atoms with Gasteiger partial charge in [0.2, 0.25) is 5.91 Å². The van der Waals surface area contributed by atoms with E-state index in [-0.39, 0.29) is 23.6 Å². The first-order valence-corrected chi connectivity index (χ1v) is 11.2. The Morgan fingerprint density at radius 3 is 2.31 bits per heavy atom. The molecule has 0 saturated carbocycles. The zero-order chi connectivity index (χ0) is 22.1. The summed E-state index contributed by atoms with van der Waals surface area (Å²) in [6, 6.07) is 30.8. The molecule has 1 heterocycles. The highest BCUT2D eigenvalue weighted by molar-refractivity contribution is 5.88. The molecule has 0 bridgehead atoms. The standard InChI is InChI=1S/C29H27NO2/c1-20-17-25(18-21-11-13-23(14-12-21)22-7-3-2-4-8-22)30(29(20)32)19-27-26-10-6-5-9-24(26)15-16-28(27)31/h2-16,20,25,31H,17-19H2,1H3/t20-,25?/m1/s1. The van der Waals surface area contributed by atoms with Crippen LogP contribution in [0.1, 0.15) is 24.5 Å². The van der Waals surface area contributed by atoms with Gasteiger partial charge in [0, 0.05) is 17.5 Å². The molecule has 3 heteroatoms. The highest BCUT2D eigenvalue weighted by atomic mass is 16.3. The summed E-state index contributed by atoms with van der Waals surface area (Å²) in [6.45, 7) is 2.44. The molecule has 1 N–H and O–H groups in total. The van der Waals surface area contributed by atoms with Crippen molar-refractivity contribution in [3.8, 4) is 16.9 Å². The average molecular weight is 422 g/mol. The summed E-state index contributed by atoms with van der Waals surface area (Å²) in [7, 11) is 0. The van der Waals surface area contributed by atoms with E-state index < -0.39 is 0 Å². The Morgan fingerprint density at radius 1 is 0.844 bits per heavy atom. The molecule has 32 heavy (non-hydrogen) atoms. The molecule has 1 aliphatic heterocycles. The van der Waals surface area contributed by atoms with Gasteiger partial charge in [0.25, 0.3) is 0 Å². The Labute approximate surface area is 188 Å². The van der Waals surface area contributed by atoms with E-state index >= 15 is 0 Å². The minimum absolute atomic E-state index is 0.000659. The van der Waals surface area contributed by atoms with Crippen molar-refractivity contribution in [2.75, 3.05) is 0 Å². The first-order valence-electron chi connectivity index (χ1n) is 11.2. The third kappa shape index (κ3) is 3.87. The predicted octanol–water partition coefficient (Wildman–Crippen LogP) is 6.19.